The summed E-state index contributed by atoms with van der Waals surface area (Å²) < 4.78 is 0. The molecule has 2 aliphatic rings. The molecule has 1 saturated carbocycles. The standard InChI is InChI=1S/C40H72O2/c1-6-11-14-17-22-27-36-35(26-13-8-3)34(10-5)39-32(9-4)30-31-33(25-21-19-16-20-24-29-38(41)42)40(39)37(36)28-23-18-15-12-7-2/h8,13,30-37,39-40H,6-7,9-12,14-29H2,1-5H3,(H,41,42). The molecule has 2 heteroatoms. The smallest absolute Gasteiger partial charge is 0.303 e. The van der Waals surface area contributed by atoms with E-state index in [1.54, 1.807) is 0 Å². The lowest BCUT2D eigenvalue weighted by atomic mass is 9.47. The Morgan fingerprint density at radius 2 is 1.12 bits per heavy atom. The van der Waals surface area contributed by atoms with E-state index in [9.17, 15) is 4.79 Å². The highest BCUT2D eigenvalue weighted by Crippen LogP contribution is 2.59. The summed E-state index contributed by atoms with van der Waals surface area (Å²) in [6.45, 7) is 11.9. The molecular weight excluding hydrogens is 512 g/mol. The van der Waals surface area contributed by atoms with Crippen molar-refractivity contribution in [2.75, 3.05) is 0 Å². The van der Waals surface area contributed by atoms with Crippen LogP contribution in [0.1, 0.15) is 176 Å². The summed E-state index contributed by atoms with van der Waals surface area (Å²) in [5, 5.41) is 8.98. The Morgan fingerprint density at radius 1 is 0.595 bits per heavy atom. The second kappa shape index (κ2) is 22.5. The molecule has 1 N–H and O–H groups in total. The largest absolute Gasteiger partial charge is 0.481 e. The van der Waals surface area contributed by atoms with E-state index in [4.69, 9.17) is 5.11 Å². The minimum atomic E-state index is -0.643. The van der Waals surface area contributed by atoms with Crippen molar-refractivity contribution in [1.29, 1.82) is 0 Å². The third-order valence-electron chi connectivity index (χ3n) is 11.5. The maximum absolute atomic E-state index is 10.9. The zero-order chi connectivity index (χ0) is 30.6. The molecule has 2 aliphatic carbocycles. The molecule has 0 heterocycles. The van der Waals surface area contributed by atoms with Crippen LogP contribution in [0.25, 0.3) is 0 Å². The number of allylic oxidation sites excluding steroid dienone is 4. The molecule has 0 aromatic rings. The maximum Gasteiger partial charge on any atom is 0.303 e. The highest BCUT2D eigenvalue weighted by Gasteiger charge is 2.52. The Labute approximate surface area is 263 Å². The van der Waals surface area contributed by atoms with Gasteiger partial charge in [0.15, 0.2) is 0 Å². The summed E-state index contributed by atoms with van der Waals surface area (Å²) in [4.78, 5) is 10.9. The summed E-state index contributed by atoms with van der Waals surface area (Å²) in [5.74, 6) is 6.08. The topological polar surface area (TPSA) is 37.3 Å². The molecule has 0 radical (unpaired) electrons. The van der Waals surface area contributed by atoms with Crippen LogP contribution in [0.5, 0.6) is 0 Å². The normalized spacial score (nSPS) is 29.3. The summed E-state index contributed by atoms with van der Waals surface area (Å²) >= 11 is 0. The molecule has 244 valence electrons. The van der Waals surface area contributed by atoms with Crippen molar-refractivity contribution in [1.82, 2.24) is 0 Å². The van der Waals surface area contributed by atoms with E-state index in [1.807, 2.05) is 0 Å². The van der Waals surface area contributed by atoms with Crippen LogP contribution in [0.15, 0.2) is 24.3 Å². The Morgan fingerprint density at radius 3 is 1.69 bits per heavy atom. The lowest BCUT2D eigenvalue weighted by Crippen LogP contribution is -2.52. The molecule has 2 rings (SSSR count). The van der Waals surface area contributed by atoms with Gasteiger partial charge in [0.1, 0.15) is 0 Å². The maximum atomic E-state index is 10.9. The molecule has 1 fully saturated rings. The average Bonchev–Trinajstić information content (AvgIpc) is 2.99. The fourth-order valence-corrected chi connectivity index (χ4v) is 9.43. The lowest BCUT2D eigenvalue weighted by Gasteiger charge is -2.58. The van der Waals surface area contributed by atoms with Gasteiger partial charge in [0.2, 0.25) is 0 Å². The van der Waals surface area contributed by atoms with Crippen LogP contribution in [0.3, 0.4) is 0 Å². The van der Waals surface area contributed by atoms with Crippen LogP contribution in [0, 0.1) is 47.3 Å². The van der Waals surface area contributed by atoms with Gasteiger partial charge in [-0.15, -0.1) is 0 Å². The lowest BCUT2D eigenvalue weighted by molar-refractivity contribution is -0.137. The number of carbonyl (C=O) groups is 1. The van der Waals surface area contributed by atoms with E-state index in [0.29, 0.717) is 6.42 Å². The van der Waals surface area contributed by atoms with E-state index in [-0.39, 0.29) is 0 Å². The second-order valence-electron chi connectivity index (χ2n) is 14.2. The van der Waals surface area contributed by atoms with Crippen molar-refractivity contribution in [2.24, 2.45) is 47.3 Å². The number of carboxylic acids is 1. The van der Waals surface area contributed by atoms with E-state index in [0.717, 1.165) is 60.2 Å². The van der Waals surface area contributed by atoms with Gasteiger partial charge >= 0.3 is 5.97 Å². The molecule has 42 heavy (non-hydrogen) atoms. The van der Waals surface area contributed by atoms with Gasteiger partial charge in [-0.1, -0.05) is 148 Å². The Hall–Kier alpha value is -1.05. The number of hydrogen-bond acceptors (Lipinski definition) is 1. The molecule has 0 bridgehead atoms. The molecule has 8 atom stereocenters. The van der Waals surface area contributed by atoms with Crippen molar-refractivity contribution in [3.8, 4) is 0 Å². The van der Waals surface area contributed by atoms with Crippen molar-refractivity contribution in [3.05, 3.63) is 24.3 Å². The first kappa shape index (κ1) is 37.1. The average molecular weight is 585 g/mol. The number of hydrogen-bond donors (Lipinski definition) is 1. The molecule has 0 aliphatic heterocycles. The van der Waals surface area contributed by atoms with Crippen molar-refractivity contribution in [2.45, 2.75) is 176 Å². The summed E-state index contributed by atoms with van der Waals surface area (Å²) in [5.41, 5.74) is 0. The Bertz CT molecular complexity index is 738. The Kier molecular flexibility index (Phi) is 19.9. The van der Waals surface area contributed by atoms with Gasteiger partial charge in [-0.05, 0) is 92.8 Å². The number of aliphatic carboxylic acids is 1. The SMILES string of the molecule is CC=CCC1C(CCCCCCC)C(CCCCCCC)C2C(CCCCCCCC(=O)O)C=CC(CC)C2C1CC. The van der Waals surface area contributed by atoms with Gasteiger partial charge in [0.05, 0.1) is 0 Å². The van der Waals surface area contributed by atoms with Gasteiger partial charge in [0, 0.05) is 6.42 Å². The molecule has 0 spiro atoms. The zero-order valence-corrected chi connectivity index (χ0v) is 28.8. The van der Waals surface area contributed by atoms with E-state index in [1.165, 1.54) is 122 Å². The number of fused-ring (bicyclic) bond motifs is 1. The van der Waals surface area contributed by atoms with Gasteiger partial charge in [-0.3, -0.25) is 4.79 Å². The minimum absolute atomic E-state index is 0.333. The van der Waals surface area contributed by atoms with Crippen LogP contribution < -0.4 is 0 Å². The quantitative estimate of drug-likeness (QED) is 0.0905. The first-order valence-corrected chi connectivity index (χ1v) is 19.0. The van der Waals surface area contributed by atoms with Crippen LogP contribution in [0.4, 0.5) is 0 Å². The molecule has 0 saturated heterocycles. The predicted molar refractivity (Wildman–Crippen MR) is 184 cm³/mol. The van der Waals surface area contributed by atoms with Crippen LogP contribution in [-0.2, 0) is 4.79 Å². The summed E-state index contributed by atoms with van der Waals surface area (Å²) in [6.07, 6.45) is 38.5. The minimum Gasteiger partial charge on any atom is -0.481 e. The van der Waals surface area contributed by atoms with Crippen LogP contribution in [0.2, 0.25) is 0 Å². The third kappa shape index (κ3) is 12.1. The molecule has 0 aromatic heterocycles. The summed E-state index contributed by atoms with van der Waals surface area (Å²) in [7, 11) is 0. The second-order valence-corrected chi connectivity index (χ2v) is 14.2. The van der Waals surface area contributed by atoms with E-state index in [2.05, 4.69) is 58.9 Å². The van der Waals surface area contributed by atoms with Gasteiger partial charge in [-0.2, -0.15) is 0 Å². The predicted octanol–water partition coefficient (Wildman–Crippen LogP) is 12.8. The first-order valence-electron chi connectivity index (χ1n) is 19.0. The van der Waals surface area contributed by atoms with Gasteiger partial charge in [0.25, 0.3) is 0 Å². The highest BCUT2D eigenvalue weighted by atomic mass is 16.4. The summed E-state index contributed by atoms with van der Waals surface area (Å²) in [6, 6.07) is 0. The number of carboxylic acid groups (broad SMARTS) is 1. The van der Waals surface area contributed by atoms with Crippen molar-refractivity contribution < 1.29 is 9.90 Å². The molecule has 0 amide bonds. The van der Waals surface area contributed by atoms with E-state index >= 15 is 0 Å². The fourth-order valence-electron chi connectivity index (χ4n) is 9.43. The van der Waals surface area contributed by atoms with E-state index < -0.39 is 5.97 Å². The monoisotopic (exact) mass is 585 g/mol. The van der Waals surface area contributed by atoms with Crippen molar-refractivity contribution >= 4 is 5.97 Å². The molecular formula is C40H72O2. The zero-order valence-electron chi connectivity index (χ0n) is 28.8. The fraction of sp³-hybridized carbons (Fsp3) is 0.875. The highest BCUT2D eigenvalue weighted by molar-refractivity contribution is 5.66. The molecule has 0 aromatic carbocycles. The Balaban J connectivity index is 2.30. The molecule has 2 nitrogen and oxygen atoms in total. The van der Waals surface area contributed by atoms with Crippen LogP contribution >= 0.6 is 0 Å². The van der Waals surface area contributed by atoms with Crippen LogP contribution in [-0.4, -0.2) is 11.1 Å². The van der Waals surface area contributed by atoms with Gasteiger partial charge < -0.3 is 5.11 Å². The first-order chi connectivity index (χ1) is 20.5. The molecule has 8 unspecified atom stereocenters. The number of unbranched alkanes of at least 4 members (excludes halogenated alkanes) is 12. The van der Waals surface area contributed by atoms with Crippen molar-refractivity contribution in [3.63, 3.8) is 0 Å². The van der Waals surface area contributed by atoms with Gasteiger partial charge in [-0.25, -0.2) is 0 Å². The third-order valence-corrected chi connectivity index (χ3v) is 11.5. The number of rotatable bonds is 24.